The Labute approximate surface area is 239 Å². The van der Waals surface area contributed by atoms with Crippen LogP contribution in [0.2, 0.25) is 0 Å². The Kier molecular flexibility index (Phi) is 15.9. The first kappa shape index (κ1) is 34.5. The Morgan fingerprint density at radius 2 is 1.38 bits per heavy atom. The SMILES string of the molecule is CCCCCCCCCCCCCCC1OC(C)(C)O[C@H]1[C@@H](N)CO[C@H]1OC(COC(C)=O)[C@H](C)[C@H](C)C1C. The van der Waals surface area contributed by atoms with E-state index in [0.717, 1.165) is 12.8 Å². The molecule has 2 rings (SSSR count). The second-order valence-electron chi connectivity index (χ2n) is 12.7. The lowest BCUT2D eigenvalue weighted by atomic mass is 9.79. The van der Waals surface area contributed by atoms with Gasteiger partial charge in [0, 0.05) is 12.8 Å². The molecule has 0 aromatic rings. The third-order valence-corrected chi connectivity index (χ3v) is 8.87. The van der Waals surface area contributed by atoms with Gasteiger partial charge in [-0.05, 0) is 32.1 Å². The minimum atomic E-state index is -0.641. The van der Waals surface area contributed by atoms with Crippen molar-refractivity contribution in [3.05, 3.63) is 0 Å². The van der Waals surface area contributed by atoms with Crippen molar-refractivity contribution in [2.75, 3.05) is 13.2 Å². The molecule has 0 spiro atoms. The second-order valence-corrected chi connectivity index (χ2v) is 12.7. The molecule has 0 amide bonds. The van der Waals surface area contributed by atoms with Gasteiger partial charge in [-0.25, -0.2) is 0 Å². The van der Waals surface area contributed by atoms with Crippen LogP contribution in [0.15, 0.2) is 0 Å². The first-order valence-electron chi connectivity index (χ1n) is 16.1. The highest BCUT2D eigenvalue weighted by Gasteiger charge is 2.45. The maximum absolute atomic E-state index is 11.3. The van der Waals surface area contributed by atoms with Crippen LogP contribution in [0.4, 0.5) is 0 Å². The number of hydrogen-bond donors (Lipinski definition) is 1. The average molecular weight is 556 g/mol. The predicted octanol–water partition coefficient (Wildman–Crippen LogP) is 7.14. The number of hydrogen-bond acceptors (Lipinski definition) is 7. The normalized spacial score (nSPS) is 31.3. The Hall–Kier alpha value is -0.730. The summed E-state index contributed by atoms with van der Waals surface area (Å²) in [6.07, 6.45) is 16.1. The molecule has 7 nitrogen and oxygen atoms in total. The molecule has 7 heteroatoms. The third-order valence-electron chi connectivity index (χ3n) is 8.87. The lowest BCUT2D eigenvalue weighted by Crippen LogP contribution is -2.50. The molecule has 2 heterocycles. The summed E-state index contributed by atoms with van der Waals surface area (Å²) in [7, 11) is 0. The zero-order valence-electron chi connectivity index (χ0n) is 26.3. The first-order chi connectivity index (χ1) is 18.6. The van der Waals surface area contributed by atoms with E-state index >= 15 is 0 Å². The summed E-state index contributed by atoms with van der Waals surface area (Å²) >= 11 is 0. The fraction of sp³-hybridized carbons (Fsp3) is 0.969. The fourth-order valence-electron chi connectivity index (χ4n) is 6.00. The lowest BCUT2D eigenvalue weighted by Gasteiger charge is -2.43. The van der Waals surface area contributed by atoms with Crippen LogP contribution in [0.1, 0.15) is 132 Å². The number of nitrogens with two attached hydrogens (primary N) is 1. The van der Waals surface area contributed by atoms with E-state index in [1.165, 1.54) is 77.6 Å². The molecule has 2 aliphatic rings. The van der Waals surface area contributed by atoms with E-state index in [2.05, 4.69) is 27.7 Å². The van der Waals surface area contributed by atoms with Crippen molar-refractivity contribution < 1.29 is 28.5 Å². The lowest BCUT2D eigenvalue weighted by molar-refractivity contribution is -0.258. The van der Waals surface area contributed by atoms with Crippen LogP contribution >= 0.6 is 0 Å². The van der Waals surface area contributed by atoms with Crippen molar-refractivity contribution in [2.24, 2.45) is 23.5 Å². The molecule has 0 aliphatic carbocycles. The van der Waals surface area contributed by atoms with Gasteiger partial charge in [-0.1, -0.05) is 105 Å². The summed E-state index contributed by atoms with van der Waals surface area (Å²) in [5, 5.41) is 0. The molecule has 2 saturated heterocycles. The van der Waals surface area contributed by atoms with Gasteiger partial charge in [0.15, 0.2) is 12.1 Å². The third kappa shape index (κ3) is 12.4. The van der Waals surface area contributed by atoms with Crippen molar-refractivity contribution in [1.82, 2.24) is 0 Å². The number of carbonyl (C=O) groups excluding carboxylic acids is 1. The van der Waals surface area contributed by atoms with Crippen LogP contribution in [-0.2, 0) is 28.5 Å². The molecule has 2 fully saturated rings. The number of unbranched alkanes of at least 4 members (excludes halogenated alkanes) is 11. The number of ether oxygens (including phenoxy) is 5. The minimum absolute atomic E-state index is 0.0259. The van der Waals surface area contributed by atoms with E-state index in [0.29, 0.717) is 12.5 Å². The summed E-state index contributed by atoms with van der Waals surface area (Å²) in [5.41, 5.74) is 6.63. The van der Waals surface area contributed by atoms with Gasteiger partial charge in [0.1, 0.15) is 12.7 Å². The monoisotopic (exact) mass is 555 g/mol. The average Bonchev–Trinajstić information content (AvgIpc) is 3.20. The Bertz CT molecular complexity index is 673. The van der Waals surface area contributed by atoms with Crippen LogP contribution in [0, 0.1) is 17.8 Å². The topological polar surface area (TPSA) is 89.2 Å². The van der Waals surface area contributed by atoms with Crippen molar-refractivity contribution in [1.29, 1.82) is 0 Å². The molecular weight excluding hydrogens is 494 g/mol. The van der Waals surface area contributed by atoms with E-state index < -0.39 is 12.1 Å². The van der Waals surface area contributed by atoms with Crippen LogP contribution in [-0.4, -0.2) is 55.6 Å². The molecular formula is C32H61NO6. The van der Waals surface area contributed by atoms with Crippen LogP contribution < -0.4 is 5.73 Å². The maximum Gasteiger partial charge on any atom is 0.302 e. The highest BCUT2D eigenvalue weighted by molar-refractivity contribution is 5.65. The number of esters is 1. The standard InChI is InChI=1S/C32H61NO6/c1-8-9-10-11-12-13-14-15-16-17-18-19-20-28-30(39-32(6,7)38-28)27(33)21-36-31-25(4)23(2)24(3)29(37-31)22-35-26(5)34/h23-25,27-31H,8-22,33H2,1-7H3/t23-,24+,25?,27-,28?,29?,30-,31-/m0/s1. The van der Waals surface area contributed by atoms with Crippen molar-refractivity contribution in [3.63, 3.8) is 0 Å². The van der Waals surface area contributed by atoms with Crippen molar-refractivity contribution in [3.8, 4) is 0 Å². The van der Waals surface area contributed by atoms with E-state index in [1.54, 1.807) is 0 Å². The van der Waals surface area contributed by atoms with Gasteiger partial charge in [-0.2, -0.15) is 0 Å². The molecule has 0 aromatic heterocycles. The predicted molar refractivity (Wildman–Crippen MR) is 156 cm³/mol. The van der Waals surface area contributed by atoms with E-state index in [9.17, 15) is 4.79 Å². The Balaban J connectivity index is 1.71. The highest BCUT2D eigenvalue weighted by Crippen LogP contribution is 2.37. The van der Waals surface area contributed by atoms with Gasteiger partial charge < -0.3 is 29.4 Å². The summed E-state index contributed by atoms with van der Waals surface area (Å²) in [4.78, 5) is 11.3. The van der Waals surface area contributed by atoms with Gasteiger partial charge in [0.2, 0.25) is 0 Å². The molecule has 0 bridgehead atoms. The van der Waals surface area contributed by atoms with Gasteiger partial charge >= 0.3 is 5.97 Å². The molecule has 0 radical (unpaired) electrons. The summed E-state index contributed by atoms with van der Waals surface area (Å²) in [5.74, 6) is -0.103. The van der Waals surface area contributed by atoms with Crippen LogP contribution in [0.3, 0.4) is 0 Å². The zero-order valence-corrected chi connectivity index (χ0v) is 26.3. The van der Waals surface area contributed by atoms with Gasteiger partial charge in [0.05, 0.1) is 24.9 Å². The van der Waals surface area contributed by atoms with Gasteiger partial charge in [-0.3, -0.25) is 4.79 Å². The molecule has 8 atom stereocenters. The highest BCUT2D eigenvalue weighted by atomic mass is 16.8. The minimum Gasteiger partial charge on any atom is -0.463 e. The zero-order chi connectivity index (χ0) is 28.8. The van der Waals surface area contributed by atoms with Crippen molar-refractivity contribution in [2.45, 2.75) is 168 Å². The molecule has 0 saturated carbocycles. The van der Waals surface area contributed by atoms with Crippen LogP contribution in [0.5, 0.6) is 0 Å². The first-order valence-corrected chi connectivity index (χ1v) is 16.1. The molecule has 0 aromatic carbocycles. The molecule has 2 N–H and O–H groups in total. The Morgan fingerprint density at radius 3 is 1.95 bits per heavy atom. The summed E-state index contributed by atoms with van der Waals surface area (Å²) in [6.45, 7) is 14.7. The van der Waals surface area contributed by atoms with Gasteiger partial charge in [-0.15, -0.1) is 0 Å². The van der Waals surface area contributed by atoms with E-state index in [4.69, 9.17) is 29.4 Å². The molecule has 2 aliphatic heterocycles. The number of carbonyl (C=O) groups is 1. The largest absolute Gasteiger partial charge is 0.463 e. The van der Waals surface area contributed by atoms with E-state index in [-0.39, 0.29) is 48.8 Å². The van der Waals surface area contributed by atoms with Crippen LogP contribution in [0.25, 0.3) is 0 Å². The van der Waals surface area contributed by atoms with E-state index in [1.807, 2.05) is 13.8 Å². The number of rotatable bonds is 19. The maximum atomic E-state index is 11.3. The molecule has 39 heavy (non-hydrogen) atoms. The molecule has 3 unspecified atom stereocenters. The Morgan fingerprint density at radius 1 is 0.821 bits per heavy atom. The summed E-state index contributed by atoms with van der Waals surface area (Å²) < 4.78 is 30.2. The second kappa shape index (κ2) is 17.9. The fourth-order valence-corrected chi connectivity index (χ4v) is 6.00. The molecule has 230 valence electrons. The summed E-state index contributed by atoms with van der Waals surface area (Å²) in [6, 6.07) is -0.313. The van der Waals surface area contributed by atoms with Gasteiger partial charge in [0.25, 0.3) is 0 Å². The van der Waals surface area contributed by atoms with Crippen molar-refractivity contribution >= 4 is 5.97 Å². The quantitative estimate of drug-likeness (QED) is 0.134. The smallest absolute Gasteiger partial charge is 0.302 e.